The van der Waals surface area contributed by atoms with E-state index in [0.29, 0.717) is 10.7 Å². The number of pyridine rings is 1. The zero-order chi connectivity index (χ0) is 14.8. The van der Waals surface area contributed by atoms with Crippen LogP contribution in [-0.2, 0) is 10.3 Å². The van der Waals surface area contributed by atoms with Crippen molar-refractivity contribution in [1.82, 2.24) is 10.5 Å². The van der Waals surface area contributed by atoms with Crippen LogP contribution in [0, 0.1) is 0 Å². The van der Waals surface area contributed by atoms with Gasteiger partial charge in [-0.15, -0.1) is 0 Å². The third kappa shape index (κ3) is 3.93. The van der Waals surface area contributed by atoms with Crippen LogP contribution in [0.5, 0.6) is 0 Å². The molecule has 1 aliphatic carbocycles. The van der Waals surface area contributed by atoms with Crippen molar-refractivity contribution in [3.8, 4) is 0 Å². The zero-order valence-corrected chi connectivity index (χ0v) is 13.0. The minimum Gasteiger partial charge on any atom is -0.270 e. The van der Waals surface area contributed by atoms with E-state index in [-0.39, 0.29) is 17.4 Å². The fraction of sp³-hybridized carbons (Fsp3) is 0.600. The molecule has 1 aromatic heterocycles. The number of halogens is 1. The summed E-state index contributed by atoms with van der Waals surface area (Å²) in [6.07, 6.45) is 4.47. The lowest BCUT2D eigenvalue weighted by Crippen LogP contribution is -2.28. The highest BCUT2D eigenvalue weighted by atomic mass is 35.5. The average Bonchev–Trinajstić information content (AvgIpc) is 2.87. The van der Waals surface area contributed by atoms with Crippen LogP contribution < -0.4 is 5.48 Å². The van der Waals surface area contributed by atoms with Crippen molar-refractivity contribution in [3.63, 3.8) is 0 Å². The first-order valence-electron chi connectivity index (χ1n) is 7.00. The van der Waals surface area contributed by atoms with Gasteiger partial charge in [0.25, 0.3) is 5.91 Å². The summed E-state index contributed by atoms with van der Waals surface area (Å²) in [4.78, 5) is 21.8. The number of nitrogens with zero attached hydrogens (tertiary/aromatic N) is 1. The van der Waals surface area contributed by atoms with Crippen molar-refractivity contribution in [2.45, 2.75) is 58.0 Å². The van der Waals surface area contributed by atoms with Crippen LogP contribution in [0.25, 0.3) is 0 Å². The predicted octanol–water partition coefficient (Wildman–Crippen LogP) is 3.64. The van der Waals surface area contributed by atoms with Gasteiger partial charge in [0.1, 0.15) is 5.15 Å². The largest absolute Gasteiger partial charge is 0.275 e. The molecule has 0 aromatic carbocycles. The van der Waals surface area contributed by atoms with Crippen LogP contribution in [-0.4, -0.2) is 17.0 Å². The molecule has 1 N–H and O–H groups in total. The Morgan fingerprint density at radius 3 is 2.60 bits per heavy atom. The lowest BCUT2D eigenvalue weighted by molar-refractivity contribution is -0.0125. The maximum absolute atomic E-state index is 12.1. The Labute approximate surface area is 124 Å². The highest BCUT2D eigenvalue weighted by molar-refractivity contribution is 6.29. The summed E-state index contributed by atoms with van der Waals surface area (Å²) in [5, 5.41) is 0.323. The second-order valence-corrected chi connectivity index (χ2v) is 6.66. The van der Waals surface area contributed by atoms with E-state index in [2.05, 4.69) is 10.5 Å². The van der Waals surface area contributed by atoms with Crippen LogP contribution >= 0.6 is 11.6 Å². The van der Waals surface area contributed by atoms with E-state index in [4.69, 9.17) is 16.4 Å². The Morgan fingerprint density at radius 1 is 1.35 bits per heavy atom. The van der Waals surface area contributed by atoms with Crippen molar-refractivity contribution in [1.29, 1.82) is 0 Å². The molecule has 1 aromatic rings. The van der Waals surface area contributed by atoms with Crippen molar-refractivity contribution in [2.24, 2.45) is 0 Å². The van der Waals surface area contributed by atoms with Gasteiger partial charge in [0.2, 0.25) is 0 Å². The summed E-state index contributed by atoms with van der Waals surface area (Å²) in [6.45, 7) is 6.09. The number of hydroxylamine groups is 1. The van der Waals surface area contributed by atoms with E-state index in [1.165, 1.54) is 0 Å². The van der Waals surface area contributed by atoms with E-state index in [0.717, 1.165) is 31.4 Å². The first kappa shape index (κ1) is 15.3. The molecule has 0 radical (unpaired) electrons. The first-order chi connectivity index (χ1) is 9.36. The number of carbonyl (C=O) groups excluding carboxylic acids is 1. The standard InChI is InChI=1S/C15H21ClN2O2/c1-15(2,3)12-8-10(9-13(16)17-12)14(19)18-20-11-6-4-5-7-11/h8-9,11H,4-7H2,1-3H3,(H,18,19). The van der Waals surface area contributed by atoms with Gasteiger partial charge in [0.05, 0.1) is 6.10 Å². The molecule has 1 saturated carbocycles. The molecule has 2 rings (SSSR count). The van der Waals surface area contributed by atoms with E-state index >= 15 is 0 Å². The SMILES string of the molecule is CC(C)(C)c1cc(C(=O)NOC2CCCC2)cc(Cl)n1. The lowest BCUT2D eigenvalue weighted by atomic mass is 9.91. The number of rotatable bonds is 3. The molecular formula is C15H21ClN2O2. The van der Waals surface area contributed by atoms with E-state index < -0.39 is 0 Å². The van der Waals surface area contributed by atoms with Crippen LogP contribution in [0.3, 0.4) is 0 Å². The molecule has 1 heterocycles. The quantitative estimate of drug-likeness (QED) is 0.684. The number of nitrogens with one attached hydrogen (secondary N) is 1. The lowest BCUT2D eigenvalue weighted by Gasteiger charge is -2.19. The molecule has 0 atom stereocenters. The van der Waals surface area contributed by atoms with Gasteiger partial charge in [-0.25, -0.2) is 10.5 Å². The molecule has 20 heavy (non-hydrogen) atoms. The number of amides is 1. The topological polar surface area (TPSA) is 51.2 Å². The monoisotopic (exact) mass is 296 g/mol. The number of hydrogen-bond donors (Lipinski definition) is 1. The zero-order valence-electron chi connectivity index (χ0n) is 12.2. The van der Waals surface area contributed by atoms with Gasteiger partial charge in [-0.2, -0.15) is 0 Å². The first-order valence-corrected chi connectivity index (χ1v) is 7.38. The van der Waals surface area contributed by atoms with Gasteiger partial charge in [-0.3, -0.25) is 9.63 Å². The normalized spacial score (nSPS) is 16.4. The van der Waals surface area contributed by atoms with Gasteiger partial charge in [-0.05, 0) is 25.0 Å². The molecule has 5 heteroatoms. The van der Waals surface area contributed by atoms with E-state index in [9.17, 15) is 4.79 Å². The summed E-state index contributed by atoms with van der Waals surface area (Å²) in [7, 11) is 0. The highest BCUT2D eigenvalue weighted by Gasteiger charge is 2.20. The summed E-state index contributed by atoms with van der Waals surface area (Å²) in [6, 6.07) is 3.32. The van der Waals surface area contributed by atoms with Gasteiger partial charge < -0.3 is 0 Å². The molecule has 1 amide bonds. The Bertz CT molecular complexity index is 491. The van der Waals surface area contributed by atoms with E-state index in [1.54, 1.807) is 12.1 Å². The van der Waals surface area contributed by atoms with Crippen molar-refractivity contribution in [2.75, 3.05) is 0 Å². The number of carbonyl (C=O) groups is 1. The second-order valence-electron chi connectivity index (χ2n) is 6.27. The predicted molar refractivity (Wildman–Crippen MR) is 78.8 cm³/mol. The fourth-order valence-corrected chi connectivity index (χ4v) is 2.42. The maximum atomic E-state index is 12.1. The molecule has 1 aliphatic rings. The Kier molecular flexibility index (Phi) is 4.66. The minimum absolute atomic E-state index is 0.137. The summed E-state index contributed by atoms with van der Waals surface area (Å²) >= 11 is 6.00. The smallest absolute Gasteiger partial charge is 0.270 e. The molecule has 0 unspecified atom stereocenters. The minimum atomic E-state index is -0.272. The summed E-state index contributed by atoms with van der Waals surface area (Å²) < 4.78 is 0. The van der Waals surface area contributed by atoms with Gasteiger partial charge in [0, 0.05) is 16.7 Å². The van der Waals surface area contributed by atoms with Gasteiger partial charge >= 0.3 is 0 Å². The van der Waals surface area contributed by atoms with Crippen LogP contribution in [0.4, 0.5) is 0 Å². The second kappa shape index (κ2) is 6.10. The van der Waals surface area contributed by atoms with Crippen molar-refractivity contribution in [3.05, 3.63) is 28.5 Å². The van der Waals surface area contributed by atoms with Crippen molar-refractivity contribution < 1.29 is 9.63 Å². The maximum Gasteiger partial charge on any atom is 0.275 e. The van der Waals surface area contributed by atoms with Crippen LogP contribution in [0.15, 0.2) is 12.1 Å². The Hall–Kier alpha value is -1.13. The summed E-state index contributed by atoms with van der Waals surface area (Å²) in [5.41, 5.74) is 3.63. The molecule has 0 bridgehead atoms. The number of aromatic nitrogens is 1. The Morgan fingerprint density at radius 2 is 2.00 bits per heavy atom. The molecule has 0 aliphatic heterocycles. The Balaban J connectivity index is 2.07. The van der Waals surface area contributed by atoms with E-state index in [1.807, 2.05) is 20.8 Å². The van der Waals surface area contributed by atoms with Crippen LogP contribution in [0.1, 0.15) is 62.5 Å². The van der Waals surface area contributed by atoms with Gasteiger partial charge in [-0.1, -0.05) is 45.2 Å². The molecule has 1 fully saturated rings. The third-order valence-electron chi connectivity index (χ3n) is 3.45. The molecular weight excluding hydrogens is 276 g/mol. The van der Waals surface area contributed by atoms with Crippen molar-refractivity contribution >= 4 is 17.5 Å². The van der Waals surface area contributed by atoms with Crippen LogP contribution in [0.2, 0.25) is 5.15 Å². The fourth-order valence-electron chi connectivity index (χ4n) is 2.21. The molecule has 0 spiro atoms. The highest BCUT2D eigenvalue weighted by Crippen LogP contribution is 2.24. The molecule has 4 nitrogen and oxygen atoms in total. The summed E-state index contributed by atoms with van der Waals surface area (Å²) in [5.74, 6) is -0.272. The molecule has 0 saturated heterocycles. The number of hydrogen-bond acceptors (Lipinski definition) is 3. The average molecular weight is 297 g/mol. The molecule has 110 valence electrons. The third-order valence-corrected chi connectivity index (χ3v) is 3.64. The van der Waals surface area contributed by atoms with Gasteiger partial charge in [0.15, 0.2) is 0 Å².